The zero-order valence-electron chi connectivity index (χ0n) is 13.5. The Kier molecular flexibility index (Phi) is 3.33. The number of rotatable bonds is 1. The largest absolute Gasteiger partial charge is 0.309 e. The van der Waals surface area contributed by atoms with Gasteiger partial charge in [-0.1, -0.05) is 19.3 Å². The van der Waals surface area contributed by atoms with Crippen LogP contribution in [0.4, 0.5) is 0 Å². The number of aryl methyl sites for hydroxylation is 2. The maximum atomic E-state index is 12.7. The number of H-pyrrole nitrogens is 2. The molecule has 0 bridgehead atoms. The van der Waals surface area contributed by atoms with Gasteiger partial charge >= 0.3 is 0 Å². The Balaban J connectivity index is 1.71. The summed E-state index contributed by atoms with van der Waals surface area (Å²) in [5.74, 6) is 1.33. The third kappa shape index (κ3) is 2.16. The van der Waals surface area contributed by atoms with Crippen LogP contribution in [0.3, 0.4) is 0 Å². The average Bonchev–Trinajstić information content (AvgIpc) is 3.17. The summed E-state index contributed by atoms with van der Waals surface area (Å²) in [7, 11) is 0. The lowest BCUT2D eigenvalue weighted by Crippen LogP contribution is -2.16. The Morgan fingerprint density at radius 2 is 2.00 bits per heavy atom. The molecule has 2 aliphatic carbocycles. The van der Waals surface area contributed by atoms with Crippen molar-refractivity contribution in [2.75, 3.05) is 0 Å². The van der Waals surface area contributed by atoms with Crippen LogP contribution < -0.4 is 5.56 Å². The van der Waals surface area contributed by atoms with Gasteiger partial charge < -0.3 is 4.98 Å². The SMILES string of the molecule is O=c1[nH]c(C2CCCCC2)nc2c3c(sc12)-c1cn[nH]c1CCC3. The standard InChI is InChI=1S/C18H20N4OS/c23-18-16-14(20-17(21-18)10-5-2-1-3-6-10)11-7-4-8-13-12(9-19-22-13)15(11)24-16/h9-10H,1-8H2,(H,19,22)(H,20,21,23). The summed E-state index contributed by atoms with van der Waals surface area (Å²) in [5, 5.41) is 7.31. The van der Waals surface area contributed by atoms with Gasteiger partial charge in [-0.15, -0.1) is 11.3 Å². The van der Waals surface area contributed by atoms with E-state index in [0.717, 1.165) is 53.7 Å². The molecular formula is C18H20N4OS. The van der Waals surface area contributed by atoms with E-state index in [-0.39, 0.29) is 5.56 Å². The highest BCUT2D eigenvalue weighted by Gasteiger charge is 2.25. The van der Waals surface area contributed by atoms with E-state index in [1.807, 2.05) is 6.20 Å². The van der Waals surface area contributed by atoms with E-state index in [0.29, 0.717) is 5.92 Å². The lowest BCUT2D eigenvalue weighted by Gasteiger charge is -2.20. The van der Waals surface area contributed by atoms with Gasteiger partial charge in [0.2, 0.25) is 0 Å². The van der Waals surface area contributed by atoms with Crippen LogP contribution in [0.5, 0.6) is 0 Å². The molecule has 0 atom stereocenters. The highest BCUT2D eigenvalue weighted by atomic mass is 32.1. The van der Waals surface area contributed by atoms with Crippen molar-refractivity contribution in [3.8, 4) is 10.4 Å². The number of aromatic nitrogens is 4. The lowest BCUT2D eigenvalue weighted by atomic mass is 9.88. The van der Waals surface area contributed by atoms with Gasteiger partial charge in [0.15, 0.2) is 0 Å². The first-order valence-electron chi connectivity index (χ1n) is 8.89. The van der Waals surface area contributed by atoms with Crippen LogP contribution >= 0.6 is 11.3 Å². The van der Waals surface area contributed by atoms with Crippen LogP contribution in [0.15, 0.2) is 11.0 Å². The van der Waals surface area contributed by atoms with Crippen LogP contribution in [0.1, 0.15) is 61.5 Å². The van der Waals surface area contributed by atoms with Crippen LogP contribution in [0.25, 0.3) is 20.7 Å². The van der Waals surface area contributed by atoms with Gasteiger partial charge in [-0.25, -0.2) is 4.98 Å². The van der Waals surface area contributed by atoms with E-state index in [9.17, 15) is 4.79 Å². The zero-order chi connectivity index (χ0) is 16.1. The van der Waals surface area contributed by atoms with Gasteiger partial charge in [-0.05, 0) is 37.7 Å². The molecule has 0 unspecified atom stereocenters. The fraction of sp³-hybridized carbons (Fsp3) is 0.500. The van der Waals surface area contributed by atoms with Gasteiger partial charge in [0.1, 0.15) is 10.5 Å². The van der Waals surface area contributed by atoms with Crippen molar-refractivity contribution < 1.29 is 0 Å². The fourth-order valence-corrected chi connectivity index (χ4v) is 5.43. The molecule has 0 radical (unpaired) electrons. The lowest BCUT2D eigenvalue weighted by molar-refractivity contribution is 0.429. The molecule has 0 aromatic carbocycles. The van der Waals surface area contributed by atoms with Crippen molar-refractivity contribution in [3.05, 3.63) is 33.6 Å². The minimum Gasteiger partial charge on any atom is -0.309 e. The second-order valence-electron chi connectivity index (χ2n) is 6.99. The van der Waals surface area contributed by atoms with E-state index in [2.05, 4.69) is 15.2 Å². The molecule has 2 aliphatic rings. The van der Waals surface area contributed by atoms with E-state index >= 15 is 0 Å². The second kappa shape index (κ2) is 5.55. The number of hydrogen-bond acceptors (Lipinski definition) is 4. The highest BCUT2D eigenvalue weighted by Crippen LogP contribution is 2.41. The summed E-state index contributed by atoms with van der Waals surface area (Å²) in [5.41, 5.74) is 4.56. The Morgan fingerprint density at radius 3 is 2.88 bits per heavy atom. The molecule has 124 valence electrons. The van der Waals surface area contributed by atoms with Crippen molar-refractivity contribution in [1.82, 2.24) is 20.2 Å². The van der Waals surface area contributed by atoms with Crippen LogP contribution in [0, 0.1) is 0 Å². The quantitative estimate of drug-likeness (QED) is 0.705. The topological polar surface area (TPSA) is 74.4 Å². The second-order valence-corrected chi connectivity index (χ2v) is 8.01. The molecule has 5 rings (SSSR count). The van der Waals surface area contributed by atoms with E-state index < -0.39 is 0 Å². The van der Waals surface area contributed by atoms with Crippen LogP contribution in [-0.2, 0) is 12.8 Å². The summed E-state index contributed by atoms with van der Waals surface area (Å²) >= 11 is 1.58. The summed E-state index contributed by atoms with van der Waals surface area (Å²) in [4.78, 5) is 21.9. The number of hydrogen-bond donors (Lipinski definition) is 2. The van der Waals surface area contributed by atoms with Crippen LogP contribution in [0.2, 0.25) is 0 Å². The maximum absolute atomic E-state index is 12.7. The Bertz CT molecular complexity index is 961. The molecule has 0 saturated heterocycles. The molecule has 1 fully saturated rings. The van der Waals surface area contributed by atoms with Gasteiger partial charge in [0, 0.05) is 22.1 Å². The Morgan fingerprint density at radius 1 is 1.12 bits per heavy atom. The molecule has 2 N–H and O–H groups in total. The molecule has 0 spiro atoms. The maximum Gasteiger partial charge on any atom is 0.268 e. The predicted molar refractivity (Wildman–Crippen MR) is 95.7 cm³/mol. The number of thiophene rings is 1. The smallest absolute Gasteiger partial charge is 0.268 e. The van der Waals surface area contributed by atoms with Gasteiger partial charge in [0.05, 0.1) is 11.7 Å². The number of nitrogens with zero attached hydrogens (tertiary/aromatic N) is 2. The molecule has 1 saturated carbocycles. The van der Waals surface area contributed by atoms with Crippen molar-refractivity contribution in [2.24, 2.45) is 0 Å². The van der Waals surface area contributed by atoms with Gasteiger partial charge in [-0.2, -0.15) is 5.10 Å². The molecular weight excluding hydrogens is 320 g/mol. The first-order valence-corrected chi connectivity index (χ1v) is 9.71. The molecule has 6 heteroatoms. The average molecular weight is 340 g/mol. The summed E-state index contributed by atoms with van der Waals surface area (Å²) in [6.45, 7) is 0. The molecule has 0 aliphatic heterocycles. The van der Waals surface area contributed by atoms with Crippen LogP contribution in [-0.4, -0.2) is 20.2 Å². The normalized spacial score (nSPS) is 18.3. The summed E-state index contributed by atoms with van der Waals surface area (Å²) in [6, 6.07) is 0. The minimum absolute atomic E-state index is 0.0312. The molecule has 3 heterocycles. The highest BCUT2D eigenvalue weighted by molar-refractivity contribution is 7.22. The molecule has 3 aromatic rings. The third-order valence-corrected chi connectivity index (χ3v) is 6.72. The van der Waals surface area contributed by atoms with E-state index in [4.69, 9.17) is 4.98 Å². The molecule has 3 aromatic heterocycles. The number of nitrogens with one attached hydrogen (secondary N) is 2. The number of aromatic amines is 2. The van der Waals surface area contributed by atoms with E-state index in [1.54, 1.807) is 11.3 Å². The zero-order valence-corrected chi connectivity index (χ0v) is 14.3. The monoisotopic (exact) mass is 340 g/mol. The van der Waals surface area contributed by atoms with Crippen molar-refractivity contribution in [2.45, 2.75) is 57.3 Å². The first-order chi connectivity index (χ1) is 11.8. The number of fused-ring (bicyclic) bond motifs is 5. The minimum atomic E-state index is 0.0312. The summed E-state index contributed by atoms with van der Waals surface area (Å²) in [6.07, 6.45) is 11.0. The van der Waals surface area contributed by atoms with Gasteiger partial charge in [-0.3, -0.25) is 9.89 Å². The van der Waals surface area contributed by atoms with Crippen molar-refractivity contribution >= 4 is 21.6 Å². The molecule has 5 nitrogen and oxygen atoms in total. The van der Waals surface area contributed by atoms with Crippen molar-refractivity contribution in [1.29, 1.82) is 0 Å². The first kappa shape index (κ1) is 14.4. The predicted octanol–water partition coefficient (Wildman–Crippen LogP) is 3.91. The third-order valence-electron chi connectivity index (χ3n) is 5.47. The van der Waals surface area contributed by atoms with E-state index in [1.165, 1.54) is 35.4 Å². The Labute approximate surface area is 143 Å². The fourth-order valence-electron chi connectivity index (χ4n) is 4.21. The molecule has 0 amide bonds. The van der Waals surface area contributed by atoms with Gasteiger partial charge in [0.25, 0.3) is 5.56 Å². The summed E-state index contributed by atoms with van der Waals surface area (Å²) < 4.78 is 0.772. The van der Waals surface area contributed by atoms with Crippen molar-refractivity contribution in [3.63, 3.8) is 0 Å². The Hall–Kier alpha value is -1.95. The molecule has 24 heavy (non-hydrogen) atoms.